The summed E-state index contributed by atoms with van der Waals surface area (Å²) in [5, 5.41) is 6.99. The lowest BCUT2D eigenvalue weighted by Crippen LogP contribution is -2.46. The monoisotopic (exact) mass is 328 g/mol. The van der Waals surface area contributed by atoms with E-state index in [4.69, 9.17) is 0 Å². The normalized spacial score (nSPS) is 11.8. The van der Waals surface area contributed by atoms with Crippen molar-refractivity contribution in [2.24, 2.45) is 0 Å². The van der Waals surface area contributed by atoms with E-state index in [1.807, 2.05) is 39.0 Å². The number of likely N-dealkylation sites (N-methyl/N-ethyl adjacent to an activating group) is 1. The Bertz CT molecular complexity index is 702. The summed E-state index contributed by atoms with van der Waals surface area (Å²) in [5.74, 6) is -0.330. The number of carbonyl (C=O) groups excluding carboxylic acids is 2. The molecule has 0 aliphatic rings. The van der Waals surface area contributed by atoms with Crippen LogP contribution in [0.25, 0.3) is 5.69 Å². The van der Waals surface area contributed by atoms with Gasteiger partial charge >= 0.3 is 0 Å². The quantitative estimate of drug-likeness (QED) is 0.884. The van der Waals surface area contributed by atoms with Crippen LogP contribution in [0.15, 0.2) is 36.5 Å². The molecule has 0 saturated carbocycles. The lowest BCUT2D eigenvalue weighted by atomic mass is 10.1. The summed E-state index contributed by atoms with van der Waals surface area (Å²) in [4.78, 5) is 26.2. The standard InChI is InChI=1S/C18H24N4O2/c1-5-21(6-2)18(24)14(4)20-17(23)15-7-9-16(10-8-15)22-13(3)11-12-19-22/h7-12,14H,5-6H2,1-4H3,(H,20,23)/t14-/m0/s1. The van der Waals surface area contributed by atoms with Gasteiger partial charge in [-0.2, -0.15) is 5.10 Å². The van der Waals surface area contributed by atoms with Crippen LogP contribution in [0.1, 0.15) is 36.8 Å². The van der Waals surface area contributed by atoms with Gasteiger partial charge in [0.05, 0.1) is 5.69 Å². The highest BCUT2D eigenvalue weighted by atomic mass is 16.2. The third kappa shape index (κ3) is 3.82. The number of carbonyl (C=O) groups is 2. The molecule has 2 rings (SSSR count). The Morgan fingerprint density at radius 2 is 1.79 bits per heavy atom. The van der Waals surface area contributed by atoms with Crippen molar-refractivity contribution in [1.82, 2.24) is 20.0 Å². The minimum absolute atomic E-state index is 0.0721. The van der Waals surface area contributed by atoms with Gasteiger partial charge in [0.1, 0.15) is 6.04 Å². The maximum Gasteiger partial charge on any atom is 0.251 e. The first-order chi connectivity index (χ1) is 11.5. The molecule has 128 valence electrons. The molecule has 0 bridgehead atoms. The molecule has 6 heteroatoms. The van der Waals surface area contributed by atoms with Crippen LogP contribution < -0.4 is 5.32 Å². The zero-order valence-electron chi connectivity index (χ0n) is 14.6. The fraction of sp³-hybridized carbons (Fsp3) is 0.389. The Hall–Kier alpha value is -2.63. The van der Waals surface area contributed by atoms with E-state index in [1.165, 1.54) is 0 Å². The number of nitrogens with one attached hydrogen (secondary N) is 1. The van der Waals surface area contributed by atoms with Gasteiger partial charge in [-0.25, -0.2) is 4.68 Å². The van der Waals surface area contributed by atoms with Crippen LogP contribution in [0, 0.1) is 6.92 Å². The Morgan fingerprint density at radius 1 is 1.17 bits per heavy atom. The van der Waals surface area contributed by atoms with Crippen LogP contribution in [-0.2, 0) is 4.79 Å². The van der Waals surface area contributed by atoms with E-state index in [0.29, 0.717) is 18.7 Å². The largest absolute Gasteiger partial charge is 0.341 e. The third-order valence-corrected chi connectivity index (χ3v) is 4.00. The Morgan fingerprint density at radius 3 is 2.29 bits per heavy atom. The van der Waals surface area contributed by atoms with Gasteiger partial charge in [-0.05, 0) is 58.0 Å². The van der Waals surface area contributed by atoms with Gasteiger partial charge in [0.2, 0.25) is 5.91 Å². The number of benzene rings is 1. The van der Waals surface area contributed by atoms with Crippen LogP contribution in [0.2, 0.25) is 0 Å². The van der Waals surface area contributed by atoms with Crippen molar-refractivity contribution >= 4 is 11.8 Å². The summed E-state index contributed by atoms with van der Waals surface area (Å²) in [6, 6.07) is 8.52. The van der Waals surface area contributed by atoms with Crippen molar-refractivity contribution in [2.75, 3.05) is 13.1 Å². The molecule has 0 aliphatic heterocycles. The molecule has 0 unspecified atom stereocenters. The van der Waals surface area contributed by atoms with Gasteiger partial charge in [0, 0.05) is 30.5 Å². The molecule has 0 spiro atoms. The van der Waals surface area contributed by atoms with Gasteiger partial charge in [0.25, 0.3) is 5.91 Å². The third-order valence-electron chi connectivity index (χ3n) is 4.00. The summed E-state index contributed by atoms with van der Waals surface area (Å²) in [6.45, 7) is 8.78. The van der Waals surface area contributed by atoms with Crippen LogP contribution in [-0.4, -0.2) is 45.6 Å². The summed E-state index contributed by atoms with van der Waals surface area (Å²) in [7, 11) is 0. The summed E-state index contributed by atoms with van der Waals surface area (Å²) < 4.78 is 1.80. The van der Waals surface area contributed by atoms with Gasteiger partial charge in [-0.3, -0.25) is 9.59 Å². The minimum atomic E-state index is -0.551. The Labute approximate surface area is 142 Å². The summed E-state index contributed by atoms with van der Waals surface area (Å²) in [6.07, 6.45) is 1.73. The van der Waals surface area contributed by atoms with Gasteiger partial charge in [-0.1, -0.05) is 0 Å². The number of aromatic nitrogens is 2. The lowest BCUT2D eigenvalue weighted by molar-refractivity contribution is -0.132. The van der Waals surface area contributed by atoms with E-state index in [1.54, 1.807) is 34.8 Å². The average molecular weight is 328 g/mol. The highest BCUT2D eigenvalue weighted by molar-refractivity contribution is 5.97. The van der Waals surface area contributed by atoms with E-state index < -0.39 is 6.04 Å². The molecule has 1 atom stereocenters. The maximum absolute atomic E-state index is 12.3. The molecule has 1 aromatic carbocycles. The number of rotatable bonds is 6. The first-order valence-electron chi connectivity index (χ1n) is 8.18. The smallest absolute Gasteiger partial charge is 0.251 e. The molecular weight excluding hydrogens is 304 g/mol. The van der Waals surface area contributed by atoms with Crippen molar-refractivity contribution in [2.45, 2.75) is 33.7 Å². The van der Waals surface area contributed by atoms with Crippen molar-refractivity contribution in [3.63, 3.8) is 0 Å². The van der Waals surface area contributed by atoms with E-state index >= 15 is 0 Å². The molecule has 2 aromatic rings. The van der Waals surface area contributed by atoms with Crippen molar-refractivity contribution in [1.29, 1.82) is 0 Å². The second kappa shape index (κ2) is 7.77. The van der Waals surface area contributed by atoms with Gasteiger partial charge < -0.3 is 10.2 Å². The van der Waals surface area contributed by atoms with Crippen molar-refractivity contribution in [3.05, 3.63) is 47.8 Å². The lowest BCUT2D eigenvalue weighted by Gasteiger charge is -2.23. The molecule has 0 radical (unpaired) electrons. The zero-order chi connectivity index (χ0) is 17.7. The predicted octanol–water partition coefficient (Wildman–Crippen LogP) is 2.17. The Balaban J connectivity index is 2.05. The van der Waals surface area contributed by atoms with Crippen LogP contribution >= 0.6 is 0 Å². The molecule has 0 aliphatic carbocycles. The predicted molar refractivity (Wildman–Crippen MR) is 93.2 cm³/mol. The minimum Gasteiger partial charge on any atom is -0.341 e. The molecule has 1 heterocycles. The molecule has 24 heavy (non-hydrogen) atoms. The summed E-state index contributed by atoms with van der Waals surface area (Å²) >= 11 is 0. The molecule has 2 amide bonds. The van der Waals surface area contributed by atoms with Crippen molar-refractivity contribution < 1.29 is 9.59 Å². The SMILES string of the molecule is CCN(CC)C(=O)[C@H](C)NC(=O)c1ccc(-n2nccc2C)cc1. The molecule has 0 saturated heterocycles. The number of aryl methyl sites for hydroxylation is 1. The second-order valence-corrected chi connectivity index (χ2v) is 5.64. The molecular formula is C18H24N4O2. The fourth-order valence-electron chi connectivity index (χ4n) is 2.54. The molecule has 0 fully saturated rings. The van der Waals surface area contributed by atoms with E-state index in [9.17, 15) is 9.59 Å². The first kappa shape index (κ1) is 17.7. The first-order valence-corrected chi connectivity index (χ1v) is 8.18. The van der Waals surface area contributed by atoms with Gasteiger partial charge in [-0.15, -0.1) is 0 Å². The topological polar surface area (TPSA) is 67.2 Å². The molecule has 1 aromatic heterocycles. The number of nitrogens with zero attached hydrogens (tertiary/aromatic N) is 3. The molecule has 1 N–H and O–H groups in total. The van der Waals surface area contributed by atoms with Gasteiger partial charge in [0.15, 0.2) is 0 Å². The highest BCUT2D eigenvalue weighted by Gasteiger charge is 2.20. The maximum atomic E-state index is 12.3. The molecule has 6 nitrogen and oxygen atoms in total. The number of amides is 2. The van der Waals surface area contributed by atoms with Crippen LogP contribution in [0.3, 0.4) is 0 Å². The van der Waals surface area contributed by atoms with Crippen LogP contribution in [0.4, 0.5) is 0 Å². The van der Waals surface area contributed by atoms with Crippen molar-refractivity contribution in [3.8, 4) is 5.69 Å². The zero-order valence-corrected chi connectivity index (χ0v) is 14.6. The second-order valence-electron chi connectivity index (χ2n) is 5.64. The van der Waals surface area contributed by atoms with E-state index in [-0.39, 0.29) is 11.8 Å². The number of hydrogen-bond acceptors (Lipinski definition) is 3. The average Bonchev–Trinajstić information content (AvgIpc) is 3.02. The summed E-state index contributed by atoms with van der Waals surface area (Å²) in [5.41, 5.74) is 2.43. The Kier molecular flexibility index (Phi) is 5.73. The van der Waals surface area contributed by atoms with Crippen LogP contribution in [0.5, 0.6) is 0 Å². The van der Waals surface area contributed by atoms with E-state index in [2.05, 4.69) is 10.4 Å². The van der Waals surface area contributed by atoms with E-state index in [0.717, 1.165) is 11.4 Å². The number of hydrogen-bond donors (Lipinski definition) is 1. The highest BCUT2D eigenvalue weighted by Crippen LogP contribution is 2.11. The fourth-order valence-corrected chi connectivity index (χ4v) is 2.54.